The number of likely N-dealkylation sites (tertiary alicyclic amines) is 1. The number of aliphatic hydroxyl groups is 1. The fourth-order valence-corrected chi connectivity index (χ4v) is 2.52. The zero-order chi connectivity index (χ0) is 12.3. The minimum atomic E-state index is 0.0721. The first-order valence-corrected chi connectivity index (χ1v) is 6.17. The summed E-state index contributed by atoms with van der Waals surface area (Å²) in [5.74, 6) is 0. The van der Waals surface area contributed by atoms with Crippen LogP contribution in [0, 0.1) is 0 Å². The van der Waals surface area contributed by atoms with E-state index in [-0.39, 0.29) is 6.61 Å². The lowest BCUT2D eigenvalue weighted by Gasteiger charge is -2.28. The summed E-state index contributed by atoms with van der Waals surface area (Å²) < 4.78 is 0. The highest BCUT2D eigenvalue weighted by Gasteiger charge is 2.22. The first-order valence-electron chi connectivity index (χ1n) is 6.17. The molecule has 0 aliphatic carbocycles. The number of pyridine rings is 1. The molecule has 1 aliphatic heterocycles. The summed E-state index contributed by atoms with van der Waals surface area (Å²) in [7, 11) is 4.25. The summed E-state index contributed by atoms with van der Waals surface area (Å²) in [6, 6.07) is 2.50. The van der Waals surface area contributed by atoms with Crippen LogP contribution in [0.25, 0.3) is 0 Å². The standard InChI is InChI=1S/C13H21N3O/c1-15-7-3-4-12(15)9-16(2)13-8-14-6-5-11(13)10-17/h5-6,8,12,17H,3-4,7,9-10H2,1-2H3. The molecule has 94 valence electrons. The number of hydrogen-bond donors (Lipinski definition) is 1. The molecule has 0 amide bonds. The van der Waals surface area contributed by atoms with Crippen LogP contribution >= 0.6 is 0 Å². The fraction of sp³-hybridized carbons (Fsp3) is 0.615. The third kappa shape index (κ3) is 2.76. The van der Waals surface area contributed by atoms with Gasteiger partial charge < -0.3 is 14.9 Å². The molecule has 0 spiro atoms. The van der Waals surface area contributed by atoms with E-state index in [9.17, 15) is 5.11 Å². The van der Waals surface area contributed by atoms with Crippen molar-refractivity contribution in [1.29, 1.82) is 0 Å². The lowest BCUT2D eigenvalue weighted by molar-refractivity contribution is 0.281. The van der Waals surface area contributed by atoms with Crippen molar-refractivity contribution in [3.8, 4) is 0 Å². The van der Waals surface area contributed by atoms with Crippen LogP contribution in [0.1, 0.15) is 18.4 Å². The predicted octanol–water partition coefficient (Wildman–Crippen LogP) is 1.10. The molecule has 4 nitrogen and oxygen atoms in total. The Balaban J connectivity index is 2.06. The van der Waals surface area contributed by atoms with Crippen LogP contribution < -0.4 is 4.90 Å². The van der Waals surface area contributed by atoms with Crippen molar-refractivity contribution in [3.63, 3.8) is 0 Å². The average molecular weight is 235 g/mol. The van der Waals surface area contributed by atoms with Crippen LogP contribution in [0.3, 0.4) is 0 Å². The van der Waals surface area contributed by atoms with Gasteiger partial charge in [0, 0.05) is 31.4 Å². The Morgan fingerprint density at radius 2 is 2.41 bits per heavy atom. The van der Waals surface area contributed by atoms with Crippen LogP contribution in [0.4, 0.5) is 5.69 Å². The summed E-state index contributed by atoms with van der Waals surface area (Å²) >= 11 is 0. The molecule has 1 N–H and O–H groups in total. The third-order valence-corrected chi connectivity index (χ3v) is 3.63. The Labute approximate surface area is 103 Å². The summed E-state index contributed by atoms with van der Waals surface area (Å²) in [6.07, 6.45) is 6.11. The topological polar surface area (TPSA) is 39.6 Å². The van der Waals surface area contributed by atoms with Gasteiger partial charge in [-0.3, -0.25) is 4.98 Å². The highest BCUT2D eigenvalue weighted by atomic mass is 16.3. The summed E-state index contributed by atoms with van der Waals surface area (Å²) in [5, 5.41) is 9.32. The molecule has 2 heterocycles. The number of nitrogens with zero attached hydrogens (tertiary/aromatic N) is 3. The van der Waals surface area contributed by atoms with Gasteiger partial charge in [0.1, 0.15) is 0 Å². The molecule has 1 unspecified atom stereocenters. The maximum Gasteiger partial charge on any atom is 0.0703 e. The molecule has 4 heteroatoms. The van der Waals surface area contributed by atoms with Gasteiger partial charge in [-0.05, 0) is 32.5 Å². The number of anilines is 1. The van der Waals surface area contributed by atoms with Crippen LogP contribution in [-0.2, 0) is 6.61 Å². The summed E-state index contributed by atoms with van der Waals surface area (Å²) in [6.45, 7) is 2.26. The zero-order valence-electron chi connectivity index (χ0n) is 10.6. The molecule has 17 heavy (non-hydrogen) atoms. The molecular formula is C13H21N3O. The normalized spacial score (nSPS) is 20.8. The van der Waals surface area contributed by atoms with E-state index in [0.29, 0.717) is 6.04 Å². The predicted molar refractivity (Wildman–Crippen MR) is 69.1 cm³/mol. The molecule has 0 radical (unpaired) electrons. The quantitative estimate of drug-likeness (QED) is 0.848. The number of rotatable bonds is 4. The Kier molecular flexibility index (Phi) is 3.97. The van der Waals surface area contributed by atoms with Crippen LogP contribution in [0.2, 0.25) is 0 Å². The molecule has 1 fully saturated rings. The van der Waals surface area contributed by atoms with E-state index < -0.39 is 0 Å². The van der Waals surface area contributed by atoms with Gasteiger partial charge in [-0.15, -0.1) is 0 Å². The molecule has 1 saturated heterocycles. The molecule has 0 saturated carbocycles. The van der Waals surface area contributed by atoms with Gasteiger partial charge in [-0.25, -0.2) is 0 Å². The Morgan fingerprint density at radius 1 is 1.59 bits per heavy atom. The average Bonchev–Trinajstić information content (AvgIpc) is 2.75. The van der Waals surface area contributed by atoms with Crippen molar-refractivity contribution >= 4 is 5.69 Å². The van der Waals surface area contributed by atoms with Crippen molar-refractivity contribution < 1.29 is 5.11 Å². The van der Waals surface area contributed by atoms with Crippen molar-refractivity contribution in [2.24, 2.45) is 0 Å². The van der Waals surface area contributed by atoms with Crippen molar-refractivity contribution in [3.05, 3.63) is 24.0 Å². The van der Waals surface area contributed by atoms with E-state index in [4.69, 9.17) is 0 Å². The van der Waals surface area contributed by atoms with Crippen molar-refractivity contribution in [2.45, 2.75) is 25.5 Å². The van der Waals surface area contributed by atoms with Crippen LogP contribution in [-0.4, -0.2) is 48.2 Å². The smallest absolute Gasteiger partial charge is 0.0703 e. The second kappa shape index (κ2) is 5.47. The highest BCUT2D eigenvalue weighted by Crippen LogP contribution is 2.21. The first kappa shape index (κ1) is 12.3. The van der Waals surface area contributed by atoms with Gasteiger partial charge in [0.2, 0.25) is 0 Å². The molecule has 1 aromatic heterocycles. The van der Waals surface area contributed by atoms with Gasteiger partial charge in [0.05, 0.1) is 18.5 Å². The molecule has 0 aromatic carbocycles. The molecule has 1 aromatic rings. The van der Waals surface area contributed by atoms with E-state index in [0.717, 1.165) is 17.8 Å². The monoisotopic (exact) mass is 235 g/mol. The van der Waals surface area contributed by atoms with Gasteiger partial charge in [0.15, 0.2) is 0 Å². The number of aromatic nitrogens is 1. The van der Waals surface area contributed by atoms with Gasteiger partial charge >= 0.3 is 0 Å². The number of aliphatic hydroxyl groups excluding tert-OH is 1. The van der Waals surface area contributed by atoms with Gasteiger partial charge in [0.25, 0.3) is 0 Å². The maximum atomic E-state index is 9.32. The van der Waals surface area contributed by atoms with E-state index >= 15 is 0 Å². The van der Waals surface area contributed by atoms with Gasteiger partial charge in [-0.1, -0.05) is 0 Å². The van der Waals surface area contributed by atoms with E-state index in [1.54, 1.807) is 6.20 Å². The fourth-order valence-electron chi connectivity index (χ4n) is 2.52. The van der Waals surface area contributed by atoms with E-state index in [1.807, 2.05) is 12.3 Å². The SMILES string of the molecule is CN(CC1CCCN1C)c1cnccc1CO. The van der Waals surface area contributed by atoms with Crippen molar-refractivity contribution in [1.82, 2.24) is 9.88 Å². The molecule has 1 aliphatic rings. The Morgan fingerprint density at radius 3 is 3.06 bits per heavy atom. The summed E-state index contributed by atoms with van der Waals surface area (Å²) in [5.41, 5.74) is 1.98. The molecule has 2 rings (SSSR count). The second-order valence-corrected chi connectivity index (χ2v) is 4.82. The van der Waals surface area contributed by atoms with Crippen LogP contribution in [0.15, 0.2) is 18.5 Å². The largest absolute Gasteiger partial charge is 0.392 e. The number of likely N-dealkylation sites (N-methyl/N-ethyl adjacent to an activating group) is 2. The first-order chi connectivity index (χ1) is 8.22. The lowest BCUT2D eigenvalue weighted by Crippen LogP contribution is -2.37. The minimum absolute atomic E-state index is 0.0721. The second-order valence-electron chi connectivity index (χ2n) is 4.82. The number of hydrogen-bond acceptors (Lipinski definition) is 4. The lowest BCUT2D eigenvalue weighted by atomic mass is 10.1. The van der Waals surface area contributed by atoms with Gasteiger partial charge in [-0.2, -0.15) is 0 Å². The molecule has 1 atom stereocenters. The Bertz CT molecular complexity index is 369. The minimum Gasteiger partial charge on any atom is -0.392 e. The maximum absolute atomic E-state index is 9.32. The van der Waals surface area contributed by atoms with E-state index in [1.165, 1.54) is 19.4 Å². The van der Waals surface area contributed by atoms with E-state index in [2.05, 4.69) is 28.9 Å². The Hall–Kier alpha value is -1.13. The van der Waals surface area contributed by atoms with Crippen LogP contribution in [0.5, 0.6) is 0 Å². The van der Waals surface area contributed by atoms with Crippen molar-refractivity contribution in [2.75, 3.05) is 32.1 Å². The zero-order valence-corrected chi connectivity index (χ0v) is 10.6. The molecular weight excluding hydrogens is 214 g/mol. The molecule has 0 bridgehead atoms. The summed E-state index contributed by atoms with van der Waals surface area (Å²) in [4.78, 5) is 8.75. The third-order valence-electron chi connectivity index (χ3n) is 3.63. The highest BCUT2D eigenvalue weighted by molar-refractivity contribution is 5.50.